The molecule has 6 nitrogen and oxygen atoms in total. The zero-order valence-corrected chi connectivity index (χ0v) is 10.7. The van der Waals surface area contributed by atoms with Crippen LogP contribution < -0.4 is 10.5 Å². The van der Waals surface area contributed by atoms with E-state index in [9.17, 15) is 14.0 Å². The van der Waals surface area contributed by atoms with Gasteiger partial charge in [0.05, 0.1) is 11.3 Å². The van der Waals surface area contributed by atoms with Crippen molar-refractivity contribution in [1.29, 1.82) is 0 Å². The minimum Gasteiger partial charge on any atom is -0.487 e. The molecule has 0 bridgehead atoms. The largest absolute Gasteiger partial charge is 0.487 e. The Hall–Kier alpha value is -2.96. The van der Waals surface area contributed by atoms with Crippen LogP contribution in [0, 0.1) is 5.82 Å². The van der Waals surface area contributed by atoms with E-state index in [4.69, 9.17) is 15.6 Å². The maximum Gasteiger partial charge on any atom is 0.354 e. The standard InChI is InChI=1S/C14H11FN2O4/c15-11-6-9(4-5-10(11)13(16)18)21-7-8-2-1-3-12(17-8)14(19)20/h1-6H,7H2,(H2,16,18)(H,19,20). The summed E-state index contributed by atoms with van der Waals surface area (Å²) in [5, 5.41) is 8.82. The number of carbonyl (C=O) groups is 2. The second-order valence-corrected chi connectivity index (χ2v) is 4.11. The predicted molar refractivity (Wildman–Crippen MR) is 70.4 cm³/mol. The first-order chi connectivity index (χ1) is 9.97. The van der Waals surface area contributed by atoms with Crippen molar-refractivity contribution in [3.8, 4) is 5.75 Å². The molecule has 1 aromatic carbocycles. The first kappa shape index (κ1) is 14.4. The van der Waals surface area contributed by atoms with E-state index in [2.05, 4.69) is 4.98 Å². The van der Waals surface area contributed by atoms with Gasteiger partial charge in [-0.2, -0.15) is 0 Å². The van der Waals surface area contributed by atoms with E-state index in [-0.39, 0.29) is 23.6 Å². The fourth-order valence-electron chi connectivity index (χ4n) is 1.62. The fraction of sp³-hybridized carbons (Fsp3) is 0.0714. The molecule has 0 aliphatic heterocycles. The van der Waals surface area contributed by atoms with E-state index >= 15 is 0 Å². The van der Waals surface area contributed by atoms with Crippen LogP contribution in [0.1, 0.15) is 26.5 Å². The normalized spacial score (nSPS) is 10.1. The van der Waals surface area contributed by atoms with E-state index in [1.165, 1.54) is 24.3 Å². The molecule has 0 atom stereocenters. The summed E-state index contributed by atoms with van der Waals surface area (Å²) < 4.78 is 18.8. The molecule has 0 aliphatic rings. The average molecular weight is 290 g/mol. The highest BCUT2D eigenvalue weighted by atomic mass is 19.1. The van der Waals surface area contributed by atoms with Crippen molar-refractivity contribution in [1.82, 2.24) is 4.98 Å². The summed E-state index contributed by atoms with van der Waals surface area (Å²) in [5.74, 6) is -2.61. The number of ether oxygens (including phenoxy) is 1. The number of benzene rings is 1. The van der Waals surface area contributed by atoms with Crippen molar-refractivity contribution in [2.24, 2.45) is 5.73 Å². The smallest absolute Gasteiger partial charge is 0.354 e. The first-order valence-electron chi connectivity index (χ1n) is 5.89. The third kappa shape index (κ3) is 3.53. The minimum absolute atomic E-state index is 0.0313. The van der Waals surface area contributed by atoms with E-state index in [0.717, 1.165) is 6.07 Å². The lowest BCUT2D eigenvalue weighted by Crippen LogP contribution is -2.13. The summed E-state index contributed by atoms with van der Waals surface area (Å²) in [5.41, 5.74) is 5.04. The Kier molecular flexibility index (Phi) is 4.13. The van der Waals surface area contributed by atoms with Gasteiger partial charge in [-0.15, -0.1) is 0 Å². The highest BCUT2D eigenvalue weighted by Crippen LogP contribution is 2.17. The molecule has 1 heterocycles. The Morgan fingerprint density at radius 1 is 1.29 bits per heavy atom. The van der Waals surface area contributed by atoms with Crippen molar-refractivity contribution in [3.63, 3.8) is 0 Å². The van der Waals surface area contributed by atoms with Gasteiger partial charge >= 0.3 is 5.97 Å². The maximum absolute atomic E-state index is 13.5. The number of hydrogen-bond acceptors (Lipinski definition) is 4. The van der Waals surface area contributed by atoms with Crippen LogP contribution in [0.5, 0.6) is 5.75 Å². The molecule has 1 aromatic heterocycles. The van der Waals surface area contributed by atoms with E-state index in [1.807, 2.05) is 0 Å². The van der Waals surface area contributed by atoms with Crippen molar-refractivity contribution in [2.45, 2.75) is 6.61 Å². The lowest BCUT2D eigenvalue weighted by Gasteiger charge is -2.07. The molecule has 108 valence electrons. The van der Waals surface area contributed by atoms with Crippen LogP contribution in [0.25, 0.3) is 0 Å². The van der Waals surface area contributed by atoms with Crippen molar-refractivity contribution >= 4 is 11.9 Å². The van der Waals surface area contributed by atoms with Crippen LogP contribution in [0.4, 0.5) is 4.39 Å². The molecule has 0 fully saturated rings. The van der Waals surface area contributed by atoms with Crippen LogP contribution in [0.2, 0.25) is 0 Å². The third-order valence-electron chi connectivity index (χ3n) is 2.62. The van der Waals surface area contributed by atoms with E-state index in [0.29, 0.717) is 5.69 Å². The highest BCUT2D eigenvalue weighted by Gasteiger charge is 2.10. The Balaban J connectivity index is 2.10. The van der Waals surface area contributed by atoms with Gasteiger partial charge in [0.15, 0.2) is 0 Å². The van der Waals surface area contributed by atoms with Crippen LogP contribution in [0.3, 0.4) is 0 Å². The zero-order valence-electron chi connectivity index (χ0n) is 10.7. The zero-order chi connectivity index (χ0) is 15.4. The summed E-state index contributed by atoms with van der Waals surface area (Å²) in [6.45, 7) is -0.0313. The number of pyridine rings is 1. The van der Waals surface area contributed by atoms with Crippen molar-refractivity contribution < 1.29 is 23.8 Å². The van der Waals surface area contributed by atoms with Gasteiger partial charge in [0.1, 0.15) is 23.9 Å². The lowest BCUT2D eigenvalue weighted by molar-refractivity contribution is 0.0689. The minimum atomic E-state index is -1.14. The Labute approximate surface area is 119 Å². The number of aromatic nitrogens is 1. The summed E-state index contributed by atoms with van der Waals surface area (Å²) in [4.78, 5) is 25.5. The molecule has 21 heavy (non-hydrogen) atoms. The molecule has 7 heteroatoms. The number of amides is 1. The average Bonchev–Trinajstić information content (AvgIpc) is 2.45. The van der Waals surface area contributed by atoms with Gasteiger partial charge < -0.3 is 15.6 Å². The molecule has 2 rings (SSSR count). The number of aromatic carboxylic acids is 1. The Bertz CT molecular complexity index is 703. The molecule has 0 saturated carbocycles. The van der Waals surface area contributed by atoms with Crippen LogP contribution in [-0.2, 0) is 6.61 Å². The number of carbonyl (C=O) groups excluding carboxylic acids is 1. The lowest BCUT2D eigenvalue weighted by atomic mass is 10.2. The fourth-order valence-corrected chi connectivity index (χ4v) is 1.62. The van der Waals surface area contributed by atoms with Gasteiger partial charge in [-0.25, -0.2) is 14.2 Å². The number of rotatable bonds is 5. The third-order valence-corrected chi connectivity index (χ3v) is 2.62. The second-order valence-electron chi connectivity index (χ2n) is 4.11. The number of nitrogens with zero attached hydrogens (tertiary/aromatic N) is 1. The Morgan fingerprint density at radius 2 is 2.05 bits per heavy atom. The number of carboxylic acid groups (broad SMARTS) is 1. The summed E-state index contributed by atoms with van der Waals surface area (Å²) in [7, 11) is 0. The maximum atomic E-state index is 13.5. The summed E-state index contributed by atoms with van der Waals surface area (Å²) >= 11 is 0. The van der Waals surface area contributed by atoms with E-state index < -0.39 is 17.7 Å². The topological polar surface area (TPSA) is 103 Å². The quantitative estimate of drug-likeness (QED) is 0.870. The number of carboxylic acids is 1. The summed E-state index contributed by atoms with van der Waals surface area (Å²) in [6.07, 6.45) is 0. The number of primary amides is 1. The van der Waals surface area contributed by atoms with E-state index in [1.54, 1.807) is 6.07 Å². The number of nitrogens with two attached hydrogens (primary N) is 1. The number of hydrogen-bond donors (Lipinski definition) is 2. The molecular formula is C14H11FN2O4. The molecule has 0 radical (unpaired) electrons. The van der Waals surface area contributed by atoms with Crippen molar-refractivity contribution in [3.05, 3.63) is 59.2 Å². The van der Waals surface area contributed by atoms with Gasteiger partial charge in [0.25, 0.3) is 5.91 Å². The van der Waals surface area contributed by atoms with Gasteiger partial charge in [-0.1, -0.05) is 6.07 Å². The van der Waals surface area contributed by atoms with Crippen LogP contribution >= 0.6 is 0 Å². The summed E-state index contributed by atoms with van der Waals surface area (Å²) in [6, 6.07) is 8.11. The molecule has 1 amide bonds. The van der Waals surface area contributed by atoms with Crippen LogP contribution in [0.15, 0.2) is 36.4 Å². The van der Waals surface area contributed by atoms with Gasteiger partial charge in [0, 0.05) is 6.07 Å². The molecular weight excluding hydrogens is 279 g/mol. The second kappa shape index (κ2) is 6.00. The van der Waals surface area contributed by atoms with Gasteiger partial charge in [-0.3, -0.25) is 4.79 Å². The molecule has 2 aromatic rings. The Morgan fingerprint density at radius 3 is 2.67 bits per heavy atom. The van der Waals surface area contributed by atoms with Crippen LogP contribution in [-0.4, -0.2) is 22.0 Å². The predicted octanol–water partition coefficient (Wildman–Crippen LogP) is 1.60. The molecule has 0 aliphatic carbocycles. The number of halogens is 1. The first-order valence-corrected chi connectivity index (χ1v) is 5.89. The van der Waals surface area contributed by atoms with Crippen molar-refractivity contribution in [2.75, 3.05) is 0 Å². The highest BCUT2D eigenvalue weighted by molar-refractivity contribution is 5.93. The molecule has 0 saturated heterocycles. The molecule has 0 unspecified atom stereocenters. The SMILES string of the molecule is NC(=O)c1ccc(OCc2cccc(C(=O)O)n2)cc1F. The van der Waals surface area contributed by atoms with Gasteiger partial charge in [0.2, 0.25) is 0 Å². The molecule has 3 N–H and O–H groups in total. The monoisotopic (exact) mass is 290 g/mol. The van der Waals surface area contributed by atoms with Gasteiger partial charge in [-0.05, 0) is 24.3 Å². The molecule has 0 spiro atoms.